The first kappa shape index (κ1) is 14.5. The lowest BCUT2D eigenvalue weighted by Crippen LogP contribution is -2.23. The average Bonchev–Trinajstić information content (AvgIpc) is 2.32. The predicted molar refractivity (Wildman–Crippen MR) is 71.8 cm³/mol. The molecule has 1 aromatic rings. The Bertz CT molecular complexity index is 429. The maximum Gasteiger partial charge on any atom is 0.308 e. The van der Waals surface area contributed by atoms with E-state index in [1.165, 1.54) is 18.2 Å². The van der Waals surface area contributed by atoms with Crippen LogP contribution in [0.3, 0.4) is 0 Å². The normalized spacial score (nSPS) is 12.1. The van der Waals surface area contributed by atoms with Crippen molar-refractivity contribution in [3.05, 3.63) is 28.8 Å². The highest BCUT2D eigenvalue weighted by Gasteiger charge is 2.11. The molecule has 0 spiro atoms. The molecule has 0 fully saturated rings. The zero-order valence-electron chi connectivity index (χ0n) is 11.4. The lowest BCUT2D eigenvalue weighted by Gasteiger charge is -2.15. The lowest BCUT2D eigenvalue weighted by molar-refractivity contribution is -0.142. The minimum atomic E-state index is -0.738. The molecule has 0 heterocycles. The van der Waals surface area contributed by atoms with Crippen LogP contribution in [-0.4, -0.2) is 30.8 Å². The molecule has 0 saturated carbocycles. The molecular formula is C14H21NO3. The van der Waals surface area contributed by atoms with Gasteiger partial charge in [0.05, 0.1) is 19.6 Å². The molecule has 0 aromatic heterocycles. The van der Waals surface area contributed by atoms with Crippen molar-refractivity contribution < 1.29 is 14.6 Å². The van der Waals surface area contributed by atoms with Gasteiger partial charge in [-0.25, -0.2) is 0 Å². The molecule has 1 rings (SSSR count). The van der Waals surface area contributed by atoms with E-state index in [4.69, 9.17) is 0 Å². The molecule has 100 valence electrons. The van der Waals surface area contributed by atoms with Crippen LogP contribution in [-0.2, 0) is 9.53 Å². The Hall–Kier alpha value is -1.55. The summed E-state index contributed by atoms with van der Waals surface area (Å²) in [4.78, 5) is 11.0. The second-order valence-corrected chi connectivity index (χ2v) is 4.57. The fourth-order valence-corrected chi connectivity index (χ4v) is 1.73. The zero-order valence-corrected chi connectivity index (χ0v) is 11.4. The summed E-state index contributed by atoms with van der Waals surface area (Å²) >= 11 is 0. The highest BCUT2D eigenvalue weighted by atomic mass is 16.5. The fourth-order valence-electron chi connectivity index (χ4n) is 1.73. The van der Waals surface area contributed by atoms with Gasteiger partial charge in [0.2, 0.25) is 0 Å². The minimum absolute atomic E-state index is 0.00733. The van der Waals surface area contributed by atoms with E-state index in [1.54, 1.807) is 0 Å². The van der Waals surface area contributed by atoms with Crippen LogP contribution in [0.5, 0.6) is 0 Å². The van der Waals surface area contributed by atoms with Gasteiger partial charge >= 0.3 is 5.97 Å². The summed E-state index contributed by atoms with van der Waals surface area (Å²) in [6, 6.07) is 4.15. The number of nitrogens with one attached hydrogen (secondary N) is 1. The zero-order chi connectivity index (χ0) is 13.7. The van der Waals surface area contributed by atoms with Crippen LogP contribution in [0.25, 0.3) is 0 Å². The van der Waals surface area contributed by atoms with Crippen LogP contribution in [0.1, 0.15) is 23.1 Å². The molecule has 0 aliphatic rings. The van der Waals surface area contributed by atoms with Crippen LogP contribution in [0.2, 0.25) is 0 Å². The van der Waals surface area contributed by atoms with Crippen LogP contribution in [0.15, 0.2) is 12.1 Å². The molecular weight excluding hydrogens is 230 g/mol. The standard InChI is InChI=1S/C14H21NO3/c1-9-5-11(3)13(6-10(9)2)15-8-12(16)7-14(17)18-4/h5-6,12,15-16H,7-8H2,1-4H3. The van der Waals surface area contributed by atoms with Crippen molar-refractivity contribution in [1.29, 1.82) is 0 Å². The topological polar surface area (TPSA) is 58.6 Å². The number of aryl methyl sites for hydroxylation is 3. The van der Waals surface area contributed by atoms with E-state index >= 15 is 0 Å². The fraction of sp³-hybridized carbons (Fsp3) is 0.500. The number of rotatable bonds is 5. The number of carbonyl (C=O) groups is 1. The summed E-state index contributed by atoms with van der Waals surface area (Å²) in [5, 5.41) is 12.8. The quantitative estimate of drug-likeness (QED) is 0.785. The summed E-state index contributed by atoms with van der Waals surface area (Å²) in [5.41, 5.74) is 4.56. The first-order valence-corrected chi connectivity index (χ1v) is 6.00. The molecule has 0 bridgehead atoms. The maximum atomic E-state index is 11.0. The highest BCUT2D eigenvalue weighted by Crippen LogP contribution is 2.20. The first-order valence-electron chi connectivity index (χ1n) is 6.00. The van der Waals surface area contributed by atoms with Crippen LogP contribution in [0.4, 0.5) is 5.69 Å². The van der Waals surface area contributed by atoms with Crippen molar-refractivity contribution in [2.24, 2.45) is 0 Å². The number of aliphatic hydroxyl groups excluding tert-OH is 1. The minimum Gasteiger partial charge on any atom is -0.469 e. The van der Waals surface area contributed by atoms with E-state index < -0.39 is 12.1 Å². The number of benzene rings is 1. The van der Waals surface area contributed by atoms with Gasteiger partial charge in [-0.2, -0.15) is 0 Å². The number of aliphatic hydroxyl groups is 1. The van der Waals surface area contributed by atoms with E-state index in [-0.39, 0.29) is 6.42 Å². The van der Waals surface area contributed by atoms with Crippen molar-refractivity contribution in [3.63, 3.8) is 0 Å². The first-order chi connectivity index (χ1) is 8.43. The van der Waals surface area contributed by atoms with Gasteiger partial charge in [0.25, 0.3) is 0 Å². The molecule has 0 amide bonds. The molecule has 0 saturated heterocycles. The second kappa shape index (κ2) is 6.40. The summed E-state index contributed by atoms with van der Waals surface area (Å²) in [6.07, 6.45) is -0.730. The van der Waals surface area contributed by atoms with E-state index in [9.17, 15) is 9.90 Å². The summed E-state index contributed by atoms with van der Waals surface area (Å²) < 4.78 is 4.50. The second-order valence-electron chi connectivity index (χ2n) is 4.57. The third-order valence-corrected chi connectivity index (χ3v) is 3.00. The molecule has 1 unspecified atom stereocenters. The number of esters is 1. The molecule has 18 heavy (non-hydrogen) atoms. The van der Waals surface area contributed by atoms with E-state index in [0.717, 1.165) is 11.3 Å². The van der Waals surface area contributed by atoms with E-state index in [0.29, 0.717) is 6.54 Å². The van der Waals surface area contributed by atoms with E-state index in [2.05, 4.69) is 29.1 Å². The van der Waals surface area contributed by atoms with Gasteiger partial charge in [-0.3, -0.25) is 4.79 Å². The monoisotopic (exact) mass is 251 g/mol. The Kier molecular flexibility index (Phi) is 5.16. The number of hydrogen-bond acceptors (Lipinski definition) is 4. The molecule has 2 N–H and O–H groups in total. The van der Waals surface area contributed by atoms with Gasteiger partial charge in [0, 0.05) is 12.2 Å². The Labute approximate surface area is 108 Å². The van der Waals surface area contributed by atoms with Gasteiger partial charge in [-0.05, 0) is 43.5 Å². The van der Waals surface area contributed by atoms with Crippen molar-refractivity contribution >= 4 is 11.7 Å². The van der Waals surface area contributed by atoms with Gasteiger partial charge in [-0.15, -0.1) is 0 Å². The van der Waals surface area contributed by atoms with Crippen LogP contribution >= 0.6 is 0 Å². The van der Waals surface area contributed by atoms with Gasteiger partial charge in [-0.1, -0.05) is 6.07 Å². The largest absolute Gasteiger partial charge is 0.469 e. The summed E-state index contributed by atoms with van der Waals surface area (Å²) in [5.74, 6) is -0.402. The van der Waals surface area contributed by atoms with E-state index in [1.807, 2.05) is 13.8 Å². The van der Waals surface area contributed by atoms with Crippen molar-refractivity contribution in [3.8, 4) is 0 Å². The molecule has 0 aliphatic carbocycles. The van der Waals surface area contributed by atoms with Gasteiger partial charge < -0.3 is 15.2 Å². The number of carbonyl (C=O) groups excluding carboxylic acids is 1. The molecule has 1 aromatic carbocycles. The maximum absolute atomic E-state index is 11.0. The van der Waals surface area contributed by atoms with Crippen LogP contribution in [0, 0.1) is 20.8 Å². The molecule has 0 aliphatic heterocycles. The number of methoxy groups -OCH3 is 1. The van der Waals surface area contributed by atoms with Crippen molar-refractivity contribution in [2.45, 2.75) is 33.3 Å². The van der Waals surface area contributed by atoms with Gasteiger partial charge in [0.1, 0.15) is 0 Å². The Morgan fingerprint density at radius 1 is 1.28 bits per heavy atom. The Morgan fingerprint density at radius 3 is 2.50 bits per heavy atom. The highest BCUT2D eigenvalue weighted by molar-refractivity contribution is 5.69. The number of anilines is 1. The summed E-state index contributed by atoms with van der Waals surface area (Å²) in [7, 11) is 1.32. The molecule has 1 atom stereocenters. The summed E-state index contributed by atoms with van der Waals surface area (Å²) in [6.45, 7) is 6.46. The number of hydrogen-bond donors (Lipinski definition) is 2. The smallest absolute Gasteiger partial charge is 0.308 e. The molecule has 0 radical (unpaired) electrons. The Morgan fingerprint density at radius 2 is 1.89 bits per heavy atom. The van der Waals surface area contributed by atoms with Crippen molar-refractivity contribution in [2.75, 3.05) is 19.0 Å². The van der Waals surface area contributed by atoms with Crippen LogP contribution < -0.4 is 5.32 Å². The van der Waals surface area contributed by atoms with Gasteiger partial charge in [0.15, 0.2) is 0 Å². The SMILES string of the molecule is COC(=O)CC(O)CNc1cc(C)c(C)cc1C. The molecule has 4 heteroatoms. The Balaban J connectivity index is 2.58. The lowest BCUT2D eigenvalue weighted by atomic mass is 10.0. The predicted octanol–water partition coefficient (Wildman–Crippen LogP) is 1.95. The van der Waals surface area contributed by atoms with Crippen molar-refractivity contribution in [1.82, 2.24) is 0 Å². The average molecular weight is 251 g/mol. The third-order valence-electron chi connectivity index (χ3n) is 3.00. The number of ether oxygens (including phenoxy) is 1. The molecule has 4 nitrogen and oxygen atoms in total. The third kappa shape index (κ3) is 4.04.